The third kappa shape index (κ3) is 3.49. The van der Waals surface area contributed by atoms with Crippen molar-refractivity contribution in [2.75, 3.05) is 31.1 Å². The van der Waals surface area contributed by atoms with Gasteiger partial charge in [-0.2, -0.15) is 0 Å². The second-order valence-corrected chi connectivity index (χ2v) is 6.24. The van der Waals surface area contributed by atoms with Crippen LogP contribution >= 0.6 is 0 Å². The molecule has 1 aromatic carbocycles. The van der Waals surface area contributed by atoms with Crippen molar-refractivity contribution in [3.8, 4) is 5.75 Å². The molecule has 1 amide bonds. The molecule has 1 aliphatic carbocycles. The second-order valence-electron chi connectivity index (χ2n) is 6.24. The molecule has 4 heteroatoms. The van der Waals surface area contributed by atoms with Gasteiger partial charge in [-0.05, 0) is 43.0 Å². The Hall–Kier alpha value is -1.71. The highest BCUT2D eigenvalue weighted by molar-refractivity contribution is 5.76. The highest BCUT2D eigenvalue weighted by Gasteiger charge is 2.25. The smallest absolute Gasteiger partial charge is 0.222 e. The van der Waals surface area contributed by atoms with Crippen molar-refractivity contribution in [1.82, 2.24) is 4.90 Å². The van der Waals surface area contributed by atoms with Crippen LogP contribution in [-0.2, 0) is 4.79 Å². The second kappa shape index (κ2) is 6.37. The van der Waals surface area contributed by atoms with E-state index in [0.717, 1.165) is 38.3 Å². The molecule has 0 unspecified atom stereocenters. The van der Waals surface area contributed by atoms with Gasteiger partial charge in [0.2, 0.25) is 5.91 Å². The molecule has 0 radical (unpaired) electrons. The molecule has 1 N–H and O–H groups in total. The number of carbonyl (C=O) groups excluding carboxylic acids is 1. The molecule has 3 rings (SSSR count). The number of hydrogen-bond donors (Lipinski definition) is 1. The number of nitrogens with zero attached hydrogens (tertiary/aromatic N) is 2. The number of carbonyl (C=O) groups is 1. The van der Waals surface area contributed by atoms with E-state index in [1.165, 1.54) is 25.7 Å². The summed E-state index contributed by atoms with van der Waals surface area (Å²) in [4.78, 5) is 16.6. The topological polar surface area (TPSA) is 43.8 Å². The summed E-state index contributed by atoms with van der Waals surface area (Å²) >= 11 is 0. The average molecular weight is 288 g/mol. The quantitative estimate of drug-likeness (QED) is 0.930. The van der Waals surface area contributed by atoms with Gasteiger partial charge in [-0.1, -0.05) is 12.8 Å². The van der Waals surface area contributed by atoms with Crippen molar-refractivity contribution in [2.45, 2.75) is 32.1 Å². The van der Waals surface area contributed by atoms with Crippen molar-refractivity contribution < 1.29 is 9.90 Å². The maximum absolute atomic E-state index is 12.3. The zero-order chi connectivity index (χ0) is 14.7. The average Bonchev–Trinajstić information content (AvgIpc) is 3.01. The lowest BCUT2D eigenvalue weighted by molar-refractivity contribution is -0.132. The predicted molar refractivity (Wildman–Crippen MR) is 83.5 cm³/mol. The minimum Gasteiger partial charge on any atom is -0.508 e. The van der Waals surface area contributed by atoms with Crippen LogP contribution in [0.1, 0.15) is 32.1 Å². The largest absolute Gasteiger partial charge is 0.508 e. The molecule has 1 saturated heterocycles. The molecular weight excluding hydrogens is 264 g/mol. The molecule has 0 aromatic heterocycles. The molecule has 1 heterocycles. The Balaban J connectivity index is 1.50. The SMILES string of the molecule is O=C(CC1CCCC1)N1CCN(c2ccc(O)cc2)CC1. The van der Waals surface area contributed by atoms with Gasteiger partial charge in [-0.25, -0.2) is 0 Å². The van der Waals surface area contributed by atoms with E-state index in [9.17, 15) is 9.90 Å². The summed E-state index contributed by atoms with van der Waals surface area (Å²) in [5.74, 6) is 1.27. The minimum absolute atomic E-state index is 0.295. The normalized spacial score (nSPS) is 20.0. The van der Waals surface area contributed by atoms with Crippen molar-refractivity contribution in [2.24, 2.45) is 5.92 Å². The molecule has 21 heavy (non-hydrogen) atoms. The molecule has 0 bridgehead atoms. The fraction of sp³-hybridized carbons (Fsp3) is 0.588. The summed E-state index contributed by atoms with van der Waals surface area (Å²) in [5.41, 5.74) is 1.12. The molecule has 1 saturated carbocycles. The zero-order valence-electron chi connectivity index (χ0n) is 12.5. The Morgan fingerprint density at radius 2 is 1.67 bits per heavy atom. The first-order valence-corrected chi connectivity index (χ1v) is 8.04. The summed E-state index contributed by atoms with van der Waals surface area (Å²) in [7, 11) is 0. The zero-order valence-corrected chi connectivity index (χ0v) is 12.5. The van der Waals surface area contributed by atoms with E-state index in [-0.39, 0.29) is 0 Å². The predicted octanol–water partition coefficient (Wildman–Crippen LogP) is 2.62. The third-order valence-corrected chi connectivity index (χ3v) is 4.79. The number of phenolic OH excluding ortho intramolecular Hbond substituents is 1. The highest BCUT2D eigenvalue weighted by Crippen LogP contribution is 2.28. The van der Waals surface area contributed by atoms with Crippen molar-refractivity contribution in [3.63, 3.8) is 0 Å². The minimum atomic E-state index is 0.295. The molecule has 1 aromatic rings. The number of anilines is 1. The summed E-state index contributed by atoms with van der Waals surface area (Å²) in [6, 6.07) is 7.30. The van der Waals surface area contributed by atoms with Crippen LogP contribution in [0.2, 0.25) is 0 Å². The van der Waals surface area contributed by atoms with Crippen molar-refractivity contribution >= 4 is 11.6 Å². The van der Waals surface area contributed by atoms with Gasteiger partial charge in [0.1, 0.15) is 5.75 Å². The van der Waals surface area contributed by atoms with Gasteiger partial charge in [0.25, 0.3) is 0 Å². The molecule has 4 nitrogen and oxygen atoms in total. The third-order valence-electron chi connectivity index (χ3n) is 4.79. The number of hydrogen-bond acceptors (Lipinski definition) is 3. The fourth-order valence-corrected chi connectivity index (χ4v) is 3.47. The Labute approximate surface area is 126 Å². The van der Waals surface area contributed by atoms with E-state index < -0.39 is 0 Å². The van der Waals surface area contributed by atoms with Gasteiger partial charge in [0.15, 0.2) is 0 Å². The number of phenols is 1. The van der Waals surface area contributed by atoms with Gasteiger partial charge in [0.05, 0.1) is 0 Å². The summed E-state index contributed by atoms with van der Waals surface area (Å²) in [6.45, 7) is 3.38. The first-order chi connectivity index (χ1) is 10.2. The molecule has 1 aliphatic heterocycles. The van der Waals surface area contributed by atoms with Crippen LogP contribution < -0.4 is 4.90 Å². The number of amides is 1. The van der Waals surface area contributed by atoms with Crippen LogP contribution in [0.5, 0.6) is 5.75 Å². The summed E-state index contributed by atoms with van der Waals surface area (Å²) < 4.78 is 0. The van der Waals surface area contributed by atoms with Gasteiger partial charge in [0, 0.05) is 38.3 Å². The van der Waals surface area contributed by atoms with Crippen LogP contribution in [0.4, 0.5) is 5.69 Å². The van der Waals surface area contributed by atoms with Crippen LogP contribution in [0, 0.1) is 5.92 Å². The lowest BCUT2D eigenvalue weighted by Crippen LogP contribution is -2.49. The van der Waals surface area contributed by atoms with E-state index in [1.54, 1.807) is 12.1 Å². The molecule has 2 fully saturated rings. The maximum Gasteiger partial charge on any atom is 0.222 e. The number of benzene rings is 1. The van der Waals surface area contributed by atoms with Gasteiger partial charge >= 0.3 is 0 Å². The first-order valence-electron chi connectivity index (χ1n) is 8.04. The summed E-state index contributed by atoms with van der Waals surface area (Å²) in [6.07, 6.45) is 5.82. The maximum atomic E-state index is 12.3. The Morgan fingerprint density at radius 1 is 1.05 bits per heavy atom. The van der Waals surface area contributed by atoms with Gasteiger partial charge in [-0.15, -0.1) is 0 Å². The molecule has 0 spiro atoms. The molecule has 0 atom stereocenters. The van der Waals surface area contributed by atoms with Crippen molar-refractivity contribution in [1.29, 1.82) is 0 Å². The lowest BCUT2D eigenvalue weighted by Gasteiger charge is -2.36. The number of piperazine rings is 1. The van der Waals surface area contributed by atoms with Crippen molar-refractivity contribution in [3.05, 3.63) is 24.3 Å². The monoisotopic (exact) mass is 288 g/mol. The number of aromatic hydroxyl groups is 1. The Bertz CT molecular complexity index is 472. The van der Waals surface area contributed by atoms with Crippen LogP contribution in [-0.4, -0.2) is 42.1 Å². The summed E-state index contributed by atoms with van der Waals surface area (Å²) in [5, 5.41) is 9.33. The molecule has 2 aliphatic rings. The van der Waals surface area contributed by atoms with E-state index >= 15 is 0 Å². The van der Waals surface area contributed by atoms with E-state index in [1.807, 2.05) is 17.0 Å². The van der Waals surface area contributed by atoms with E-state index in [0.29, 0.717) is 17.6 Å². The first kappa shape index (κ1) is 14.2. The number of rotatable bonds is 3. The van der Waals surface area contributed by atoms with E-state index in [4.69, 9.17) is 0 Å². The Kier molecular flexibility index (Phi) is 4.32. The van der Waals surface area contributed by atoms with Crippen LogP contribution in [0.15, 0.2) is 24.3 Å². The Morgan fingerprint density at radius 3 is 2.29 bits per heavy atom. The fourth-order valence-electron chi connectivity index (χ4n) is 3.47. The van der Waals surface area contributed by atoms with Gasteiger partial charge < -0.3 is 14.9 Å². The van der Waals surface area contributed by atoms with Crippen LogP contribution in [0.3, 0.4) is 0 Å². The standard InChI is InChI=1S/C17H24N2O2/c20-16-7-5-15(6-8-16)18-9-11-19(12-10-18)17(21)13-14-3-1-2-4-14/h5-8,14,20H,1-4,9-13H2. The van der Waals surface area contributed by atoms with E-state index in [2.05, 4.69) is 4.90 Å². The molecular formula is C17H24N2O2. The lowest BCUT2D eigenvalue weighted by atomic mass is 10.0. The highest BCUT2D eigenvalue weighted by atomic mass is 16.3. The van der Waals surface area contributed by atoms with Gasteiger partial charge in [-0.3, -0.25) is 4.79 Å². The molecule has 114 valence electrons. The van der Waals surface area contributed by atoms with Crippen LogP contribution in [0.25, 0.3) is 0 Å².